The van der Waals surface area contributed by atoms with Gasteiger partial charge in [0.05, 0.1) is 14.2 Å². The Hall–Kier alpha value is -1.42. The third kappa shape index (κ3) is 2.31. The molecule has 2 atom stereocenters. The second-order valence-corrected chi connectivity index (χ2v) is 4.58. The van der Waals surface area contributed by atoms with Crippen LogP contribution in [0.5, 0.6) is 17.2 Å². The van der Waals surface area contributed by atoms with Gasteiger partial charge >= 0.3 is 0 Å². The number of phenolic OH excluding ortho intramolecular Hbond substituents is 1. The van der Waals surface area contributed by atoms with Gasteiger partial charge in [0.25, 0.3) is 0 Å². The second kappa shape index (κ2) is 4.84. The molecule has 0 bridgehead atoms. The average molecular weight is 237 g/mol. The lowest BCUT2D eigenvalue weighted by Gasteiger charge is -2.15. The second-order valence-electron chi connectivity index (χ2n) is 4.58. The van der Waals surface area contributed by atoms with Crippen molar-refractivity contribution in [3.8, 4) is 17.2 Å². The van der Waals surface area contributed by atoms with E-state index in [0.29, 0.717) is 23.5 Å². The van der Waals surface area contributed by atoms with Gasteiger partial charge in [-0.25, -0.2) is 0 Å². The zero-order valence-corrected chi connectivity index (χ0v) is 10.5. The molecule has 0 saturated carbocycles. The molecule has 1 fully saturated rings. The summed E-state index contributed by atoms with van der Waals surface area (Å²) in [5, 5.41) is 13.3. The van der Waals surface area contributed by atoms with Crippen molar-refractivity contribution in [3.05, 3.63) is 17.7 Å². The highest BCUT2D eigenvalue weighted by Gasteiger charge is 2.24. The largest absolute Gasteiger partial charge is 0.502 e. The summed E-state index contributed by atoms with van der Waals surface area (Å²) >= 11 is 0. The minimum atomic E-state index is 0.0600. The van der Waals surface area contributed by atoms with Gasteiger partial charge in [-0.3, -0.25) is 0 Å². The van der Waals surface area contributed by atoms with Crippen LogP contribution in [0.1, 0.15) is 24.9 Å². The summed E-state index contributed by atoms with van der Waals surface area (Å²) in [5.74, 6) is 1.65. The molecular formula is C13H19NO3. The molecule has 0 aromatic heterocycles. The Morgan fingerprint density at radius 2 is 1.82 bits per heavy atom. The van der Waals surface area contributed by atoms with Crippen molar-refractivity contribution in [2.75, 3.05) is 20.8 Å². The number of ether oxygens (including phenoxy) is 2. The highest BCUT2D eigenvalue weighted by molar-refractivity contribution is 5.53. The SMILES string of the molecule is COc1cc([C@H]2C[C@@H](C)CN2)cc(OC)c1O. The summed E-state index contributed by atoms with van der Waals surface area (Å²) < 4.78 is 10.3. The molecule has 4 nitrogen and oxygen atoms in total. The summed E-state index contributed by atoms with van der Waals surface area (Å²) in [5.41, 5.74) is 1.10. The molecule has 94 valence electrons. The van der Waals surface area contributed by atoms with Crippen LogP contribution in [-0.2, 0) is 0 Å². The maximum absolute atomic E-state index is 9.84. The molecule has 0 amide bonds. The number of phenols is 1. The van der Waals surface area contributed by atoms with Gasteiger partial charge in [-0.2, -0.15) is 0 Å². The van der Waals surface area contributed by atoms with E-state index >= 15 is 0 Å². The smallest absolute Gasteiger partial charge is 0.200 e. The first kappa shape index (κ1) is 12.0. The highest BCUT2D eigenvalue weighted by Crippen LogP contribution is 2.40. The minimum Gasteiger partial charge on any atom is -0.502 e. The molecule has 17 heavy (non-hydrogen) atoms. The summed E-state index contributed by atoms with van der Waals surface area (Å²) in [4.78, 5) is 0. The summed E-state index contributed by atoms with van der Waals surface area (Å²) in [7, 11) is 3.09. The third-order valence-electron chi connectivity index (χ3n) is 3.26. The molecule has 1 saturated heterocycles. The fourth-order valence-corrected chi connectivity index (χ4v) is 2.28. The molecule has 2 rings (SSSR count). The predicted octanol–water partition coefficient (Wildman–Crippen LogP) is 2.08. The maximum Gasteiger partial charge on any atom is 0.200 e. The van der Waals surface area contributed by atoms with Crippen LogP contribution in [0.15, 0.2) is 12.1 Å². The standard InChI is InChI=1S/C13H19NO3/c1-8-4-10(14-7-8)9-5-11(16-2)13(15)12(6-9)17-3/h5-6,8,10,14-15H,4,7H2,1-3H3/t8-,10-/m1/s1. The Balaban J connectivity index is 2.34. The van der Waals surface area contributed by atoms with Gasteiger partial charge in [-0.05, 0) is 36.6 Å². The first-order chi connectivity index (χ1) is 8.15. The number of hydrogen-bond acceptors (Lipinski definition) is 4. The van der Waals surface area contributed by atoms with Gasteiger partial charge in [0.1, 0.15) is 0 Å². The van der Waals surface area contributed by atoms with E-state index in [4.69, 9.17) is 9.47 Å². The molecule has 1 aromatic carbocycles. The fourth-order valence-electron chi connectivity index (χ4n) is 2.28. The van der Waals surface area contributed by atoms with Gasteiger partial charge < -0.3 is 19.9 Å². The normalized spacial score (nSPS) is 23.7. The van der Waals surface area contributed by atoms with Crippen LogP contribution >= 0.6 is 0 Å². The summed E-state index contributed by atoms with van der Waals surface area (Å²) in [6, 6.07) is 4.05. The number of nitrogens with one attached hydrogen (secondary N) is 1. The Bertz CT molecular complexity index is 381. The van der Waals surface area contributed by atoms with Gasteiger partial charge in [-0.1, -0.05) is 6.92 Å². The first-order valence-corrected chi connectivity index (χ1v) is 5.84. The van der Waals surface area contributed by atoms with Crippen LogP contribution in [-0.4, -0.2) is 25.9 Å². The lowest BCUT2D eigenvalue weighted by atomic mass is 10.0. The first-order valence-electron chi connectivity index (χ1n) is 5.84. The minimum absolute atomic E-state index is 0.0600. The van der Waals surface area contributed by atoms with Crippen LogP contribution in [0.3, 0.4) is 0 Å². The van der Waals surface area contributed by atoms with E-state index in [1.165, 1.54) is 0 Å². The van der Waals surface area contributed by atoms with Crippen molar-refractivity contribution in [1.82, 2.24) is 5.32 Å². The van der Waals surface area contributed by atoms with E-state index in [-0.39, 0.29) is 5.75 Å². The number of aromatic hydroxyl groups is 1. The van der Waals surface area contributed by atoms with Crippen molar-refractivity contribution in [1.29, 1.82) is 0 Å². The molecule has 0 unspecified atom stereocenters. The lowest BCUT2D eigenvalue weighted by Crippen LogP contribution is -2.13. The van der Waals surface area contributed by atoms with Crippen molar-refractivity contribution in [2.45, 2.75) is 19.4 Å². The molecular weight excluding hydrogens is 218 g/mol. The molecule has 0 aliphatic carbocycles. The molecule has 1 aliphatic heterocycles. The monoisotopic (exact) mass is 237 g/mol. The van der Waals surface area contributed by atoms with E-state index in [0.717, 1.165) is 18.5 Å². The Labute approximate surface area is 102 Å². The predicted molar refractivity (Wildman–Crippen MR) is 65.7 cm³/mol. The van der Waals surface area contributed by atoms with Crippen LogP contribution < -0.4 is 14.8 Å². The van der Waals surface area contributed by atoms with E-state index in [1.54, 1.807) is 14.2 Å². The Kier molecular flexibility index (Phi) is 3.43. The molecule has 0 radical (unpaired) electrons. The summed E-state index contributed by atoms with van der Waals surface area (Å²) in [6.07, 6.45) is 1.09. The van der Waals surface area contributed by atoms with E-state index < -0.39 is 0 Å². The zero-order chi connectivity index (χ0) is 12.4. The van der Waals surface area contributed by atoms with Gasteiger partial charge in [0, 0.05) is 6.04 Å². The number of methoxy groups -OCH3 is 2. The zero-order valence-electron chi connectivity index (χ0n) is 10.5. The van der Waals surface area contributed by atoms with Crippen LogP contribution in [0.25, 0.3) is 0 Å². The van der Waals surface area contributed by atoms with Crippen LogP contribution in [0, 0.1) is 5.92 Å². The molecule has 1 heterocycles. The van der Waals surface area contributed by atoms with Gasteiger partial charge in [0.15, 0.2) is 11.5 Å². The van der Waals surface area contributed by atoms with Crippen LogP contribution in [0.2, 0.25) is 0 Å². The van der Waals surface area contributed by atoms with Gasteiger partial charge in [0.2, 0.25) is 5.75 Å². The maximum atomic E-state index is 9.84. The van der Waals surface area contributed by atoms with Gasteiger partial charge in [-0.15, -0.1) is 0 Å². The molecule has 1 aromatic rings. The molecule has 4 heteroatoms. The van der Waals surface area contributed by atoms with E-state index in [1.807, 2.05) is 12.1 Å². The highest BCUT2D eigenvalue weighted by atomic mass is 16.5. The Morgan fingerprint density at radius 1 is 1.24 bits per heavy atom. The number of benzene rings is 1. The molecule has 2 N–H and O–H groups in total. The van der Waals surface area contributed by atoms with Crippen molar-refractivity contribution in [3.63, 3.8) is 0 Å². The van der Waals surface area contributed by atoms with Crippen molar-refractivity contribution >= 4 is 0 Å². The Morgan fingerprint density at radius 3 is 2.24 bits per heavy atom. The van der Waals surface area contributed by atoms with Crippen molar-refractivity contribution in [2.24, 2.45) is 5.92 Å². The van der Waals surface area contributed by atoms with Crippen LogP contribution in [0.4, 0.5) is 0 Å². The topological polar surface area (TPSA) is 50.7 Å². The number of rotatable bonds is 3. The third-order valence-corrected chi connectivity index (χ3v) is 3.26. The quantitative estimate of drug-likeness (QED) is 0.845. The fraction of sp³-hybridized carbons (Fsp3) is 0.538. The summed E-state index contributed by atoms with van der Waals surface area (Å²) in [6.45, 7) is 3.25. The van der Waals surface area contributed by atoms with Crippen molar-refractivity contribution < 1.29 is 14.6 Å². The molecule has 0 spiro atoms. The average Bonchev–Trinajstić information content (AvgIpc) is 2.76. The van der Waals surface area contributed by atoms with E-state index in [2.05, 4.69) is 12.2 Å². The molecule has 1 aliphatic rings. The lowest BCUT2D eigenvalue weighted by molar-refractivity contribution is 0.338. The number of hydrogen-bond donors (Lipinski definition) is 2. The van der Waals surface area contributed by atoms with E-state index in [9.17, 15) is 5.11 Å².